The second-order valence-corrected chi connectivity index (χ2v) is 7.82. The fourth-order valence-electron chi connectivity index (χ4n) is 3.70. The molecule has 2 heterocycles. The van der Waals surface area contributed by atoms with Crippen molar-refractivity contribution in [3.05, 3.63) is 84.2 Å². The van der Waals surface area contributed by atoms with E-state index in [9.17, 15) is 4.79 Å². The zero-order valence-corrected chi connectivity index (χ0v) is 19.0. The van der Waals surface area contributed by atoms with E-state index in [2.05, 4.69) is 27.9 Å². The van der Waals surface area contributed by atoms with Crippen LogP contribution in [0.1, 0.15) is 17.5 Å². The Kier molecular flexibility index (Phi) is 6.85. The third-order valence-corrected chi connectivity index (χ3v) is 5.45. The average Bonchev–Trinajstić information content (AvgIpc) is 3.41. The molecule has 1 atom stereocenters. The van der Waals surface area contributed by atoms with E-state index < -0.39 is 6.23 Å². The Morgan fingerprint density at radius 3 is 2.42 bits per heavy atom. The number of ether oxygens (including phenoxy) is 1. The molecule has 2 aromatic carbocycles. The van der Waals surface area contributed by atoms with Crippen molar-refractivity contribution in [3.8, 4) is 16.9 Å². The average molecular weight is 445 g/mol. The number of amides is 2. The number of anilines is 1. The van der Waals surface area contributed by atoms with Crippen molar-refractivity contribution in [2.24, 2.45) is 7.05 Å². The lowest BCUT2D eigenvalue weighted by Gasteiger charge is -2.18. The number of carbonyl (C=O) groups is 1. The summed E-state index contributed by atoms with van der Waals surface area (Å²) in [6.45, 7) is 1.94. The van der Waals surface area contributed by atoms with E-state index in [-0.39, 0.29) is 6.03 Å². The summed E-state index contributed by atoms with van der Waals surface area (Å²) in [5.74, 6) is 0.593. The van der Waals surface area contributed by atoms with Crippen LogP contribution in [-0.2, 0) is 18.2 Å². The van der Waals surface area contributed by atoms with Gasteiger partial charge in [0.1, 0.15) is 17.7 Å². The summed E-state index contributed by atoms with van der Waals surface area (Å²) in [5, 5.41) is 14.9. The second-order valence-electron chi connectivity index (χ2n) is 7.82. The van der Waals surface area contributed by atoms with Gasteiger partial charge in [0.15, 0.2) is 0 Å². The number of rotatable bonds is 8. The molecule has 4 rings (SSSR count). The molecule has 0 spiro atoms. The van der Waals surface area contributed by atoms with E-state index in [0.29, 0.717) is 12.2 Å². The first kappa shape index (κ1) is 22.3. The van der Waals surface area contributed by atoms with Gasteiger partial charge in [0, 0.05) is 31.5 Å². The number of benzene rings is 2. The molecule has 0 saturated carbocycles. The maximum atomic E-state index is 12.9. The second kappa shape index (κ2) is 10.1. The lowest BCUT2D eigenvalue weighted by Crippen LogP contribution is -2.39. The largest absolute Gasteiger partial charge is 0.362 e. The van der Waals surface area contributed by atoms with Crippen LogP contribution in [0.4, 0.5) is 10.6 Å². The minimum absolute atomic E-state index is 0.354. The molecular formula is C25H28N6O2. The number of aryl methyl sites for hydroxylation is 2. The Bertz CT molecular complexity index is 1200. The minimum Gasteiger partial charge on any atom is -0.362 e. The molecule has 2 N–H and O–H groups in total. The molecule has 0 bridgehead atoms. The van der Waals surface area contributed by atoms with Gasteiger partial charge in [-0.05, 0) is 37.5 Å². The molecule has 0 aliphatic heterocycles. The van der Waals surface area contributed by atoms with Gasteiger partial charge in [0.05, 0.1) is 11.9 Å². The molecule has 2 amide bonds. The molecule has 0 aliphatic carbocycles. The Labute approximate surface area is 193 Å². The van der Waals surface area contributed by atoms with E-state index in [1.165, 1.54) is 5.56 Å². The monoisotopic (exact) mass is 444 g/mol. The molecule has 0 fully saturated rings. The first-order valence-electron chi connectivity index (χ1n) is 10.8. The lowest BCUT2D eigenvalue weighted by molar-refractivity contribution is 0.0767. The molecule has 0 saturated heterocycles. The van der Waals surface area contributed by atoms with E-state index >= 15 is 0 Å². The van der Waals surface area contributed by atoms with Gasteiger partial charge in [-0.15, -0.1) is 0 Å². The summed E-state index contributed by atoms with van der Waals surface area (Å²) < 4.78 is 8.96. The highest BCUT2D eigenvalue weighted by Gasteiger charge is 2.21. The van der Waals surface area contributed by atoms with Crippen LogP contribution >= 0.6 is 0 Å². The quantitative estimate of drug-likeness (QED) is 0.397. The number of aromatic nitrogens is 4. The summed E-state index contributed by atoms with van der Waals surface area (Å²) in [4.78, 5) is 12.9. The van der Waals surface area contributed by atoms with Crippen LogP contribution in [0.2, 0.25) is 0 Å². The van der Waals surface area contributed by atoms with E-state index in [1.807, 2.05) is 68.7 Å². The molecule has 8 nitrogen and oxygen atoms in total. The topological polar surface area (TPSA) is 86.0 Å². The van der Waals surface area contributed by atoms with Crippen LogP contribution < -0.4 is 10.6 Å². The predicted molar refractivity (Wildman–Crippen MR) is 128 cm³/mol. The Morgan fingerprint density at radius 1 is 1.09 bits per heavy atom. The van der Waals surface area contributed by atoms with Crippen molar-refractivity contribution in [1.82, 2.24) is 24.9 Å². The Morgan fingerprint density at radius 2 is 1.79 bits per heavy atom. The van der Waals surface area contributed by atoms with Gasteiger partial charge >= 0.3 is 6.03 Å². The molecule has 4 aromatic rings. The predicted octanol–water partition coefficient (Wildman–Crippen LogP) is 4.31. The van der Waals surface area contributed by atoms with Gasteiger partial charge in [0.25, 0.3) is 0 Å². The van der Waals surface area contributed by atoms with E-state index in [0.717, 1.165) is 28.9 Å². The molecule has 2 aromatic heterocycles. The van der Waals surface area contributed by atoms with E-state index in [1.54, 1.807) is 22.7 Å². The normalized spacial score (nSPS) is 11.8. The number of para-hydroxylation sites is 1. The first-order chi connectivity index (χ1) is 16.0. The zero-order valence-electron chi connectivity index (χ0n) is 19.0. The molecular weight excluding hydrogens is 416 g/mol. The molecule has 1 unspecified atom stereocenters. The zero-order chi connectivity index (χ0) is 23.2. The van der Waals surface area contributed by atoms with Crippen LogP contribution in [0, 0.1) is 6.92 Å². The highest BCUT2D eigenvalue weighted by Crippen LogP contribution is 2.30. The summed E-state index contributed by atoms with van der Waals surface area (Å²) in [7, 11) is 3.45. The van der Waals surface area contributed by atoms with Crippen molar-refractivity contribution in [2.45, 2.75) is 26.0 Å². The van der Waals surface area contributed by atoms with Crippen LogP contribution in [0.5, 0.6) is 0 Å². The van der Waals surface area contributed by atoms with Gasteiger partial charge in [-0.1, -0.05) is 48.5 Å². The smallest absolute Gasteiger partial charge is 0.322 e. The van der Waals surface area contributed by atoms with Crippen LogP contribution in [-0.4, -0.2) is 38.9 Å². The van der Waals surface area contributed by atoms with Crippen molar-refractivity contribution >= 4 is 11.8 Å². The summed E-state index contributed by atoms with van der Waals surface area (Å²) in [6, 6.07) is 19.5. The molecule has 0 aliphatic rings. The van der Waals surface area contributed by atoms with Gasteiger partial charge in [-0.3, -0.25) is 10.00 Å². The molecule has 0 radical (unpaired) electrons. The first-order valence-corrected chi connectivity index (χ1v) is 10.8. The molecule has 33 heavy (non-hydrogen) atoms. The fraction of sp³-hybridized carbons (Fsp3) is 0.240. The number of methoxy groups -OCH3 is 1. The van der Waals surface area contributed by atoms with E-state index in [4.69, 9.17) is 9.84 Å². The van der Waals surface area contributed by atoms with Crippen molar-refractivity contribution in [2.75, 3.05) is 12.4 Å². The fourth-order valence-corrected chi connectivity index (χ4v) is 3.70. The van der Waals surface area contributed by atoms with Gasteiger partial charge in [-0.25, -0.2) is 9.48 Å². The highest BCUT2D eigenvalue weighted by atomic mass is 16.5. The number of hydrogen-bond acceptors (Lipinski definition) is 4. The van der Waals surface area contributed by atoms with Crippen LogP contribution in [0.25, 0.3) is 16.9 Å². The SMILES string of the molecule is COC(CCc1ccccc1)NC(=O)Nc1c(C)c(-c2cnn(C)c2)nn1-c1ccccc1. The summed E-state index contributed by atoms with van der Waals surface area (Å²) in [6.07, 6.45) is 4.70. The minimum atomic E-state index is -0.420. The number of carbonyl (C=O) groups excluding carboxylic acids is 1. The number of hydrogen-bond donors (Lipinski definition) is 2. The summed E-state index contributed by atoms with van der Waals surface area (Å²) in [5.41, 5.74) is 4.53. The van der Waals surface area contributed by atoms with Crippen molar-refractivity contribution in [1.29, 1.82) is 0 Å². The van der Waals surface area contributed by atoms with Crippen molar-refractivity contribution in [3.63, 3.8) is 0 Å². The Balaban J connectivity index is 1.54. The Hall–Kier alpha value is -3.91. The van der Waals surface area contributed by atoms with Gasteiger partial charge in [0.2, 0.25) is 0 Å². The number of nitrogens with one attached hydrogen (secondary N) is 2. The lowest BCUT2D eigenvalue weighted by atomic mass is 10.1. The molecule has 170 valence electrons. The van der Waals surface area contributed by atoms with Gasteiger partial charge in [-0.2, -0.15) is 10.2 Å². The van der Waals surface area contributed by atoms with Crippen molar-refractivity contribution < 1.29 is 9.53 Å². The third kappa shape index (κ3) is 5.30. The summed E-state index contributed by atoms with van der Waals surface area (Å²) >= 11 is 0. The third-order valence-electron chi connectivity index (χ3n) is 5.45. The maximum absolute atomic E-state index is 12.9. The van der Waals surface area contributed by atoms with Gasteiger partial charge < -0.3 is 10.1 Å². The standard InChI is InChI=1S/C25H28N6O2/c1-18-23(20-16-26-30(2)17-20)29-31(21-12-8-5-9-13-21)24(18)28-25(32)27-22(33-3)15-14-19-10-6-4-7-11-19/h4-13,16-17,22H,14-15H2,1-3H3,(H2,27,28,32). The highest BCUT2D eigenvalue weighted by molar-refractivity contribution is 5.91. The van der Waals surface area contributed by atoms with Crippen LogP contribution in [0.15, 0.2) is 73.1 Å². The number of nitrogens with zero attached hydrogens (tertiary/aromatic N) is 4. The maximum Gasteiger partial charge on any atom is 0.322 e. The van der Waals surface area contributed by atoms with Crippen LogP contribution in [0.3, 0.4) is 0 Å². The number of urea groups is 1. The molecule has 8 heteroatoms.